The SMILES string of the molecule is C#CCC[C@H](NC(=O)[C@@H](CC(=O)N(C)CCNC)Cc1ccccc1)C(=O)N[C@@H](CC1CCCCC1)[C@@H](O)[C@@H](O)CCC#C. The lowest BCUT2D eigenvalue weighted by atomic mass is 9.82. The molecule has 0 unspecified atom stereocenters. The van der Waals surface area contributed by atoms with E-state index in [1.807, 2.05) is 37.4 Å². The summed E-state index contributed by atoms with van der Waals surface area (Å²) in [6.07, 6.45) is 15.7. The van der Waals surface area contributed by atoms with Crippen LogP contribution in [0.1, 0.15) is 76.2 Å². The van der Waals surface area contributed by atoms with Gasteiger partial charge in [0.1, 0.15) is 12.1 Å². The van der Waals surface area contributed by atoms with Crippen molar-refractivity contribution >= 4 is 17.7 Å². The Morgan fingerprint density at radius 3 is 2.27 bits per heavy atom. The lowest BCUT2D eigenvalue weighted by Gasteiger charge is -2.33. The minimum Gasteiger partial charge on any atom is -0.390 e. The van der Waals surface area contributed by atoms with E-state index in [1.54, 1.807) is 11.9 Å². The molecule has 0 spiro atoms. The van der Waals surface area contributed by atoms with Crippen LogP contribution in [-0.2, 0) is 20.8 Å². The molecular formula is C35H52N4O5. The van der Waals surface area contributed by atoms with E-state index in [0.717, 1.165) is 31.2 Å². The predicted octanol–water partition coefficient (Wildman–Crippen LogP) is 2.40. The second kappa shape index (κ2) is 20.6. The molecule has 1 aromatic carbocycles. The van der Waals surface area contributed by atoms with E-state index >= 15 is 0 Å². The van der Waals surface area contributed by atoms with Crippen molar-refractivity contribution in [2.75, 3.05) is 27.2 Å². The number of aliphatic hydroxyl groups excluding tert-OH is 2. The largest absolute Gasteiger partial charge is 0.390 e. The van der Waals surface area contributed by atoms with Crippen LogP contribution in [0.4, 0.5) is 0 Å². The molecule has 0 saturated heterocycles. The summed E-state index contributed by atoms with van der Waals surface area (Å²) in [6, 6.07) is 7.76. The minimum atomic E-state index is -1.21. The molecule has 0 heterocycles. The van der Waals surface area contributed by atoms with Gasteiger partial charge in [0, 0.05) is 39.4 Å². The summed E-state index contributed by atoms with van der Waals surface area (Å²) in [5.74, 6) is 3.55. The topological polar surface area (TPSA) is 131 Å². The van der Waals surface area contributed by atoms with Crippen molar-refractivity contribution in [1.82, 2.24) is 20.9 Å². The molecule has 1 fully saturated rings. The van der Waals surface area contributed by atoms with Crippen LogP contribution in [0.25, 0.3) is 0 Å². The van der Waals surface area contributed by atoms with Crippen molar-refractivity contribution in [2.45, 2.75) is 101 Å². The van der Waals surface area contributed by atoms with E-state index in [1.165, 1.54) is 6.42 Å². The van der Waals surface area contributed by atoms with Gasteiger partial charge in [-0.25, -0.2) is 0 Å². The average Bonchev–Trinajstić information content (AvgIpc) is 3.04. The van der Waals surface area contributed by atoms with Gasteiger partial charge in [-0.05, 0) is 44.2 Å². The van der Waals surface area contributed by atoms with Gasteiger partial charge in [0.15, 0.2) is 0 Å². The molecule has 44 heavy (non-hydrogen) atoms. The number of terminal acetylenes is 2. The van der Waals surface area contributed by atoms with E-state index in [0.29, 0.717) is 38.3 Å². The number of carbonyl (C=O) groups is 3. The lowest BCUT2D eigenvalue weighted by Crippen LogP contribution is -2.56. The fraction of sp³-hybridized carbons (Fsp3) is 0.629. The Morgan fingerprint density at radius 1 is 0.977 bits per heavy atom. The summed E-state index contributed by atoms with van der Waals surface area (Å²) >= 11 is 0. The van der Waals surface area contributed by atoms with Gasteiger partial charge in [0.05, 0.1) is 18.1 Å². The third-order valence-corrected chi connectivity index (χ3v) is 8.48. The van der Waals surface area contributed by atoms with Crippen LogP contribution in [0.3, 0.4) is 0 Å². The summed E-state index contributed by atoms with van der Waals surface area (Å²) in [6.45, 7) is 1.12. The highest BCUT2D eigenvalue weighted by Crippen LogP contribution is 2.29. The van der Waals surface area contributed by atoms with Crippen molar-refractivity contribution in [3.8, 4) is 24.7 Å². The summed E-state index contributed by atoms with van der Waals surface area (Å²) < 4.78 is 0. The standard InChI is InChI=1S/C35H52N4O5/c1-5-7-19-29(35(44)38-30(24-27-17-13-10-14-18-27)33(42)31(40)20-8-6-2)37-34(43)28(23-26-15-11-9-12-16-26)25-32(41)39(4)22-21-36-3/h1-2,9,11-12,15-16,27-31,33,36,40,42H,7-8,10,13-14,17-25H2,3-4H3,(H,37,43)(H,38,44)/t28-,29+,30+,31+,33-/m1/s1. The summed E-state index contributed by atoms with van der Waals surface area (Å²) in [5.41, 5.74) is 0.902. The Kier molecular flexibility index (Phi) is 17.2. The van der Waals surface area contributed by atoms with E-state index in [9.17, 15) is 24.6 Å². The number of amides is 3. The smallest absolute Gasteiger partial charge is 0.242 e. The molecule has 2 rings (SSSR count). The maximum absolute atomic E-state index is 13.7. The van der Waals surface area contributed by atoms with Crippen LogP contribution in [0.15, 0.2) is 30.3 Å². The van der Waals surface area contributed by atoms with Gasteiger partial charge < -0.3 is 31.1 Å². The zero-order chi connectivity index (χ0) is 32.3. The monoisotopic (exact) mass is 608 g/mol. The fourth-order valence-corrected chi connectivity index (χ4v) is 5.73. The predicted molar refractivity (Wildman–Crippen MR) is 173 cm³/mol. The molecule has 9 nitrogen and oxygen atoms in total. The summed E-state index contributed by atoms with van der Waals surface area (Å²) in [4.78, 5) is 42.1. The minimum absolute atomic E-state index is 0.0190. The molecular weight excluding hydrogens is 556 g/mol. The molecule has 1 aliphatic rings. The second-order valence-corrected chi connectivity index (χ2v) is 12.0. The van der Waals surface area contributed by atoms with Crippen LogP contribution in [-0.4, -0.2) is 84.3 Å². The summed E-state index contributed by atoms with van der Waals surface area (Å²) in [7, 11) is 3.51. The number of hydrogen-bond donors (Lipinski definition) is 5. The molecule has 3 amide bonds. The molecule has 1 saturated carbocycles. The first kappa shape index (κ1) is 36.8. The van der Waals surface area contributed by atoms with Crippen molar-refractivity contribution < 1.29 is 24.6 Å². The fourth-order valence-electron chi connectivity index (χ4n) is 5.73. The van der Waals surface area contributed by atoms with Gasteiger partial charge in [-0.3, -0.25) is 14.4 Å². The van der Waals surface area contributed by atoms with Crippen LogP contribution < -0.4 is 16.0 Å². The molecule has 9 heteroatoms. The zero-order valence-corrected chi connectivity index (χ0v) is 26.5. The first-order valence-electron chi connectivity index (χ1n) is 16.0. The number of nitrogens with one attached hydrogen (secondary N) is 3. The lowest BCUT2D eigenvalue weighted by molar-refractivity contribution is -0.137. The maximum atomic E-state index is 13.7. The highest BCUT2D eigenvalue weighted by molar-refractivity contribution is 5.91. The summed E-state index contributed by atoms with van der Waals surface area (Å²) in [5, 5.41) is 30.6. The Bertz CT molecular complexity index is 1090. The normalized spacial score (nSPS) is 16.8. The third kappa shape index (κ3) is 13.1. The second-order valence-electron chi connectivity index (χ2n) is 12.0. The molecule has 1 aromatic rings. The first-order valence-corrected chi connectivity index (χ1v) is 16.0. The van der Waals surface area contributed by atoms with Crippen molar-refractivity contribution in [2.24, 2.45) is 11.8 Å². The van der Waals surface area contributed by atoms with Gasteiger partial charge in [-0.1, -0.05) is 62.4 Å². The van der Waals surface area contributed by atoms with Gasteiger partial charge in [0.25, 0.3) is 0 Å². The molecule has 5 N–H and O–H groups in total. The Balaban J connectivity index is 2.24. The third-order valence-electron chi connectivity index (χ3n) is 8.48. The quantitative estimate of drug-likeness (QED) is 0.153. The van der Waals surface area contributed by atoms with Crippen LogP contribution in [0, 0.1) is 36.5 Å². The van der Waals surface area contributed by atoms with Crippen molar-refractivity contribution in [3.05, 3.63) is 35.9 Å². The molecule has 242 valence electrons. The van der Waals surface area contributed by atoms with E-state index < -0.39 is 42.0 Å². The van der Waals surface area contributed by atoms with Crippen LogP contribution >= 0.6 is 0 Å². The Morgan fingerprint density at radius 2 is 1.64 bits per heavy atom. The maximum Gasteiger partial charge on any atom is 0.242 e. The number of benzene rings is 1. The van der Waals surface area contributed by atoms with Crippen molar-refractivity contribution in [1.29, 1.82) is 0 Å². The molecule has 5 atom stereocenters. The van der Waals surface area contributed by atoms with E-state index in [4.69, 9.17) is 12.8 Å². The highest BCUT2D eigenvalue weighted by Gasteiger charge is 2.34. The number of nitrogens with zero attached hydrogens (tertiary/aromatic N) is 1. The number of carbonyl (C=O) groups excluding carboxylic acids is 3. The van der Waals surface area contributed by atoms with Gasteiger partial charge in [-0.15, -0.1) is 24.7 Å². The molecule has 0 radical (unpaired) electrons. The first-order chi connectivity index (χ1) is 21.2. The number of hydrogen-bond acceptors (Lipinski definition) is 6. The van der Waals surface area contributed by atoms with E-state index in [2.05, 4.69) is 27.8 Å². The zero-order valence-electron chi connectivity index (χ0n) is 26.5. The molecule has 0 aromatic heterocycles. The number of likely N-dealkylation sites (N-methyl/N-ethyl adjacent to an activating group) is 2. The number of aliphatic hydroxyl groups is 2. The van der Waals surface area contributed by atoms with Gasteiger partial charge in [0.2, 0.25) is 17.7 Å². The van der Waals surface area contributed by atoms with Crippen molar-refractivity contribution in [3.63, 3.8) is 0 Å². The Labute approximate surface area is 263 Å². The van der Waals surface area contributed by atoms with Crippen LogP contribution in [0.5, 0.6) is 0 Å². The molecule has 0 bridgehead atoms. The van der Waals surface area contributed by atoms with Crippen LogP contribution in [0.2, 0.25) is 0 Å². The number of rotatable bonds is 19. The van der Waals surface area contributed by atoms with E-state index in [-0.39, 0.29) is 31.6 Å². The highest BCUT2D eigenvalue weighted by atomic mass is 16.3. The molecule has 0 aliphatic heterocycles. The average molecular weight is 609 g/mol. The Hall–Kier alpha value is -3.37. The molecule has 1 aliphatic carbocycles. The van der Waals surface area contributed by atoms with Gasteiger partial charge in [-0.2, -0.15) is 0 Å². The van der Waals surface area contributed by atoms with Gasteiger partial charge >= 0.3 is 0 Å².